The molecule has 1 aliphatic heterocycles. The minimum atomic E-state index is -3.05. The van der Waals surface area contributed by atoms with Crippen LogP contribution in [0.3, 0.4) is 0 Å². The molecule has 6 heteroatoms. The van der Waals surface area contributed by atoms with Crippen molar-refractivity contribution in [3.05, 3.63) is 29.3 Å². The highest BCUT2D eigenvalue weighted by molar-refractivity contribution is 9.08. The van der Waals surface area contributed by atoms with E-state index in [9.17, 15) is 8.42 Å². The summed E-state index contributed by atoms with van der Waals surface area (Å²) in [6, 6.07) is 6.41. The minimum Gasteiger partial charge on any atom is -0.369 e. The number of aryl methyl sites for hydroxylation is 1. The molecule has 1 aromatic carbocycles. The number of hydrogen-bond donors (Lipinski definition) is 0. The Morgan fingerprint density at radius 1 is 1.21 bits per heavy atom. The van der Waals surface area contributed by atoms with Crippen LogP contribution in [0.1, 0.15) is 11.1 Å². The van der Waals surface area contributed by atoms with E-state index in [1.54, 1.807) is 4.31 Å². The number of halogens is 1. The fraction of sp³-hybridized carbons (Fsp3) is 0.538. The van der Waals surface area contributed by atoms with Crippen LogP contribution in [0.15, 0.2) is 18.2 Å². The Bertz CT molecular complexity index is 552. The Labute approximate surface area is 123 Å². The molecule has 0 atom stereocenters. The van der Waals surface area contributed by atoms with E-state index in [0.29, 0.717) is 13.1 Å². The summed E-state index contributed by atoms with van der Waals surface area (Å²) in [7, 11) is -3.05. The monoisotopic (exact) mass is 346 g/mol. The summed E-state index contributed by atoms with van der Waals surface area (Å²) >= 11 is 3.45. The molecule has 0 aliphatic carbocycles. The van der Waals surface area contributed by atoms with Gasteiger partial charge in [-0.25, -0.2) is 8.42 Å². The van der Waals surface area contributed by atoms with Crippen LogP contribution in [0.25, 0.3) is 0 Å². The van der Waals surface area contributed by atoms with Crippen LogP contribution in [0.5, 0.6) is 0 Å². The number of rotatable bonds is 3. The van der Waals surface area contributed by atoms with Crippen molar-refractivity contribution < 1.29 is 8.42 Å². The van der Waals surface area contributed by atoms with E-state index in [2.05, 4.69) is 46.0 Å². The van der Waals surface area contributed by atoms with E-state index >= 15 is 0 Å². The van der Waals surface area contributed by atoms with Gasteiger partial charge in [0.05, 0.1) is 6.26 Å². The second-order valence-corrected chi connectivity index (χ2v) is 7.45. The molecular formula is C13H19BrN2O2S. The van der Waals surface area contributed by atoms with Gasteiger partial charge < -0.3 is 4.90 Å². The first kappa shape index (κ1) is 14.8. The van der Waals surface area contributed by atoms with Crippen LogP contribution < -0.4 is 4.90 Å². The molecule has 2 rings (SSSR count). The van der Waals surface area contributed by atoms with E-state index in [-0.39, 0.29) is 0 Å². The molecule has 0 saturated carbocycles. The molecule has 0 radical (unpaired) electrons. The summed E-state index contributed by atoms with van der Waals surface area (Å²) in [5.41, 5.74) is 3.71. The zero-order valence-corrected chi connectivity index (χ0v) is 13.7. The van der Waals surface area contributed by atoms with Gasteiger partial charge in [-0.2, -0.15) is 4.31 Å². The molecule has 0 N–H and O–H groups in total. The fourth-order valence-electron chi connectivity index (χ4n) is 2.42. The molecule has 1 heterocycles. The summed E-state index contributed by atoms with van der Waals surface area (Å²) in [6.07, 6.45) is 1.28. The van der Waals surface area contributed by atoms with Crippen molar-refractivity contribution in [1.82, 2.24) is 4.31 Å². The largest absolute Gasteiger partial charge is 0.369 e. The van der Waals surface area contributed by atoms with Crippen molar-refractivity contribution >= 4 is 31.6 Å². The first-order valence-electron chi connectivity index (χ1n) is 6.27. The Balaban J connectivity index is 2.10. The maximum atomic E-state index is 11.5. The third kappa shape index (κ3) is 3.49. The molecule has 1 saturated heterocycles. The minimum absolute atomic E-state index is 0.568. The summed E-state index contributed by atoms with van der Waals surface area (Å²) in [6.45, 7) is 4.74. The molecular weight excluding hydrogens is 328 g/mol. The summed E-state index contributed by atoms with van der Waals surface area (Å²) in [5.74, 6) is 0. The first-order valence-corrected chi connectivity index (χ1v) is 9.24. The van der Waals surface area contributed by atoms with Gasteiger partial charge in [-0.15, -0.1) is 0 Å². The van der Waals surface area contributed by atoms with Crippen LogP contribution in [0.4, 0.5) is 5.69 Å². The zero-order chi connectivity index (χ0) is 14.0. The Morgan fingerprint density at radius 3 is 2.32 bits per heavy atom. The van der Waals surface area contributed by atoms with Gasteiger partial charge in [0.15, 0.2) is 0 Å². The van der Waals surface area contributed by atoms with Gasteiger partial charge in [0.2, 0.25) is 10.0 Å². The number of hydrogen-bond acceptors (Lipinski definition) is 3. The quantitative estimate of drug-likeness (QED) is 0.785. The second-order valence-electron chi connectivity index (χ2n) is 4.90. The smallest absolute Gasteiger partial charge is 0.211 e. The number of nitrogens with zero attached hydrogens (tertiary/aromatic N) is 2. The number of anilines is 1. The van der Waals surface area contributed by atoms with E-state index in [0.717, 1.165) is 18.4 Å². The lowest BCUT2D eigenvalue weighted by molar-refractivity contribution is 0.388. The highest BCUT2D eigenvalue weighted by Gasteiger charge is 2.23. The molecule has 1 aliphatic rings. The van der Waals surface area contributed by atoms with Crippen LogP contribution in [-0.4, -0.2) is 45.2 Å². The van der Waals surface area contributed by atoms with Crippen molar-refractivity contribution in [2.24, 2.45) is 0 Å². The molecule has 106 valence electrons. The van der Waals surface area contributed by atoms with E-state index in [1.807, 2.05) is 0 Å². The lowest BCUT2D eigenvalue weighted by Crippen LogP contribution is -2.48. The molecule has 0 bridgehead atoms. The molecule has 1 aromatic rings. The van der Waals surface area contributed by atoms with Crippen LogP contribution >= 0.6 is 15.9 Å². The number of piperazine rings is 1. The molecule has 19 heavy (non-hydrogen) atoms. The Hall–Kier alpha value is -0.590. The Kier molecular flexibility index (Phi) is 4.53. The number of sulfonamides is 1. The van der Waals surface area contributed by atoms with E-state index in [4.69, 9.17) is 0 Å². The molecule has 0 aromatic heterocycles. The average molecular weight is 347 g/mol. The van der Waals surface area contributed by atoms with Crippen molar-refractivity contribution in [3.8, 4) is 0 Å². The number of benzene rings is 1. The maximum Gasteiger partial charge on any atom is 0.211 e. The maximum absolute atomic E-state index is 11.5. The standard InChI is InChI=1S/C13H19BrN2O2S/c1-11-9-12(10-14)3-4-13(11)15-5-7-16(8-6-15)19(2,17)18/h3-4,9H,5-8,10H2,1-2H3. The van der Waals surface area contributed by atoms with Crippen molar-refractivity contribution in [1.29, 1.82) is 0 Å². The predicted molar refractivity (Wildman–Crippen MR) is 82.4 cm³/mol. The first-order chi connectivity index (χ1) is 8.91. The molecule has 0 spiro atoms. The zero-order valence-electron chi connectivity index (χ0n) is 11.3. The third-order valence-electron chi connectivity index (χ3n) is 3.46. The molecule has 4 nitrogen and oxygen atoms in total. The van der Waals surface area contributed by atoms with E-state index in [1.165, 1.54) is 23.1 Å². The van der Waals surface area contributed by atoms with Gasteiger partial charge in [0, 0.05) is 37.2 Å². The lowest BCUT2D eigenvalue weighted by atomic mass is 10.1. The second kappa shape index (κ2) is 5.81. The normalized spacial score (nSPS) is 17.7. The number of alkyl halides is 1. The van der Waals surface area contributed by atoms with Crippen LogP contribution in [-0.2, 0) is 15.4 Å². The third-order valence-corrected chi connectivity index (χ3v) is 5.41. The van der Waals surface area contributed by atoms with Gasteiger partial charge >= 0.3 is 0 Å². The Morgan fingerprint density at radius 2 is 1.84 bits per heavy atom. The van der Waals surface area contributed by atoms with Crippen LogP contribution in [0.2, 0.25) is 0 Å². The van der Waals surface area contributed by atoms with Gasteiger partial charge in [-0.05, 0) is 24.1 Å². The average Bonchev–Trinajstić information content (AvgIpc) is 2.37. The SMILES string of the molecule is Cc1cc(CBr)ccc1N1CCN(S(C)(=O)=O)CC1. The highest BCUT2D eigenvalue weighted by Crippen LogP contribution is 2.24. The van der Waals surface area contributed by atoms with Gasteiger partial charge in [-0.1, -0.05) is 28.1 Å². The fourth-order valence-corrected chi connectivity index (χ4v) is 3.59. The molecule has 0 amide bonds. The van der Waals surface area contributed by atoms with Gasteiger partial charge in [0.25, 0.3) is 0 Å². The molecule has 0 unspecified atom stereocenters. The van der Waals surface area contributed by atoms with Crippen molar-refractivity contribution in [2.45, 2.75) is 12.3 Å². The molecule has 1 fully saturated rings. The summed E-state index contributed by atoms with van der Waals surface area (Å²) in [5, 5.41) is 0.857. The lowest BCUT2D eigenvalue weighted by Gasteiger charge is -2.35. The van der Waals surface area contributed by atoms with Gasteiger partial charge in [-0.3, -0.25) is 0 Å². The topological polar surface area (TPSA) is 40.6 Å². The summed E-state index contributed by atoms with van der Waals surface area (Å²) in [4.78, 5) is 2.26. The van der Waals surface area contributed by atoms with E-state index < -0.39 is 10.0 Å². The van der Waals surface area contributed by atoms with Gasteiger partial charge in [0.1, 0.15) is 0 Å². The predicted octanol–water partition coefficient (Wildman–Crippen LogP) is 1.97. The van der Waals surface area contributed by atoms with Crippen molar-refractivity contribution in [3.63, 3.8) is 0 Å². The van der Waals surface area contributed by atoms with Crippen LogP contribution in [0, 0.1) is 6.92 Å². The van der Waals surface area contributed by atoms with Crippen molar-refractivity contribution in [2.75, 3.05) is 37.3 Å². The highest BCUT2D eigenvalue weighted by atomic mass is 79.9. The summed E-state index contributed by atoms with van der Waals surface area (Å²) < 4.78 is 24.5.